The summed E-state index contributed by atoms with van der Waals surface area (Å²) in [4.78, 5) is 4.45. The van der Waals surface area contributed by atoms with Crippen molar-refractivity contribution < 1.29 is 4.39 Å². The zero-order valence-corrected chi connectivity index (χ0v) is 8.86. The van der Waals surface area contributed by atoms with Gasteiger partial charge in [-0.3, -0.25) is 0 Å². The molecule has 0 amide bonds. The van der Waals surface area contributed by atoms with E-state index in [0.29, 0.717) is 5.82 Å². The zero-order valence-electron chi connectivity index (χ0n) is 8.86. The minimum atomic E-state index is -0.245. The molecule has 0 unspecified atom stereocenters. The van der Waals surface area contributed by atoms with Crippen molar-refractivity contribution in [2.45, 2.75) is 25.8 Å². The van der Waals surface area contributed by atoms with Crippen molar-refractivity contribution in [3.63, 3.8) is 0 Å². The summed E-state index contributed by atoms with van der Waals surface area (Å²) in [7, 11) is 0. The largest absolute Gasteiger partial charge is 0.249 e. The Bertz CT molecular complexity index is 495. The van der Waals surface area contributed by atoms with Gasteiger partial charge >= 0.3 is 0 Å². The first-order valence-electron chi connectivity index (χ1n) is 5.52. The average Bonchev–Trinajstić information content (AvgIpc) is 2.72. The number of halogens is 1. The molecule has 0 fully saturated rings. The van der Waals surface area contributed by atoms with Crippen LogP contribution in [0.4, 0.5) is 4.39 Å². The fourth-order valence-electron chi connectivity index (χ4n) is 2.03. The predicted octanol–water partition coefficient (Wildman–Crippen LogP) is 2.42. The average molecular weight is 217 g/mol. The van der Waals surface area contributed by atoms with Gasteiger partial charge < -0.3 is 0 Å². The van der Waals surface area contributed by atoms with E-state index < -0.39 is 0 Å². The van der Waals surface area contributed by atoms with Crippen LogP contribution in [0, 0.1) is 5.82 Å². The van der Waals surface area contributed by atoms with E-state index in [1.165, 1.54) is 18.6 Å². The molecule has 0 N–H and O–H groups in total. The Balaban J connectivity index is 2.03. The zero-order chi connectivity index (χ0) is 11.0. The lowest BCUT2D eigenvalue weighted by Gasteiger charge is -2.09. The maximum absolute atomic E-state index is 13.1. The van der Waals surface area contributed by atoms with Crippen LogP contribution < -0.4 is 0 Å². The molecule has 1 aliphatic heterocycles. The summed E-state index contributed by atoms with van der Waals surface area (Å²) in [6.45, 7) is 0.928. The Labute approximate surface area is 92.9 Å². The Kier molecular flexibility index (Phi) is 2.20. The number of hydrogen-bond donors (Lipinski definition) is 0. The van der Waals surface area contributed by atoms with Gasteiger partial charge in [-0.25, -0.2) is 14.1 Å². The molecule has 0 saturated heterocycles. The summed E-state index contributed by atoms with van der Waals surface area (Å²) in [6, 6.07) is 6.43. The monoisotopic (exact) mass is 217 g/mol. The lowest BCUT2D eigenvalue weighted by molar-refractivity contribution is 0.480. The molecular formula is C12H12FN3. The smallest absolute Gasteiger partial charge is 0.181 e. The molecule has 16 heavy (non-hydrogen) atoms. The van der Waals surface area contributed by atoms with E-state index in [4.69, 9.17) is 0 Å². The third-order valence-electron chi connectivity index (χ3n) is 2.85. The molecule has 3 rings (SSSR count). The molecule has 3 nitrogen and oxygen atoms in total. The molecule has 2 heterocycles. The van der Waals surface area contributed by atoms with Crippen LogP contribution in [0.5, 0.6) is 0 Å². The van der Waals surface area contributed by atoms with Crippen molar-refractivity contribution in [2.75, 3.05) is 0 Å². The summed E-state index contributed by atoms with van der Waals surface area (Å²) in [5.41, 5.74) is 0.752. The van der Waals surface area contributed by atoms with E-state index in [-0.39, 0.29) is 5.82 Å². The molecule has 0 radical (unpaired) electrons. The second-order valence-corrected chi connectivity index (χ2v) is 4.04. The van der Waals surface area contributed by atoms with Crippen molar-refractivity contribution in [1.82, 2.24) is 14.8 Å². The maximum atomic E-state index is 13.1. The minimum Gasteiger partial charge on any atom is -0.249 e. The van der Waals surface area contributed by atoms with E-state index in [1.54, 1.807) is 6.07 Å². The van der Waals surface area contributed by atoms with Gasteiger partial charge in [-0.15, -0.1) is 0 Å². The standard InChI is InChI=1S/C12H12FN3/c13-10-5-3-4-9(8-10)12-14-11-6-1-2-7-16(11)15-12/h3-5,8H,1-2,6-7H2. The molecule has 1 aromatic heterocycles. The summed E-state index contributed by atoms with van der Waals surface area (Å²) in [5, 5.41) is 4.40. The highest BCUT2D eigenvalue weighted by Crippen LogP contribution is 2.19. The third kappa shape index (κ3) is 1.60. The van der Waals surface area contributed by atoms with Crippen LogP contribution in [-0.2, 0) is 13.0 Å². The number of nitrogens with zero attached hydrogens (tertiary/aromatic N) is 3. The summed E-state index contributed by atoms with van der Waals surface area (Å²) in [5.74, 6) is 1.41. The first-order chi connectivity index (χ1) is 7.83. The highest BCUT2D eigenvalue weighted by Gasteiger charge is 2.14. The van der Waals surface area contributed by atoms with Gasteiger partial charge in [0.25, 0.3) is 0 Å². The van der Waals surface area contributed by atoms with Gasteiger partial charge in [0.2, 0.25) is 0 Å². The van der Waals surface area contributed by atoms with Crippen LogP contribution in [0.25, 0.3) is 11.4 Å². The van der Waals surface area contributed by atoms with Crippen molar-refractivity contribution in [3.05, 3.63) is 35.9 Å². The number of rotatable bonds is 1. The van der Waals surface area contributed by atoms with Gasteiger partial charge in [0.05, 0.1) is 0 Å². The second-order valence-electron chi connectivity index (χ2n) is 4.04. The Hall–Kier alpha value is -1.71. The lowest BCUT2D eigenvalue weighted by Crippen LogP contribution is -2.11. The second kappa shape index (κ2) is 3.70. The number of aromatic nitrogens is 3. The van der Waals surface area contributed by atoms with Gasteiger partial charge in [-0.05, 0) is 25.0 Å². The lowest BCUT2D eigenvalue weighted by atomic mass is 10.2. The van der Waals surface area contributed by atoms with Crippen molar-refractivity contribution in [3.8, 4) is 11.4 Å². The highest BCUT2D eigenvalue weighted by atomic mass is 19.1. The number of aryl methyl sites for hydroxylation is 2. The normalized spacial score (nSPS) is 14.8. The predicted molar refractivity (Wildman–Crippen MR) is 58.4 cm³/mol. The van der Waals surface area contributed by atoms with E-state index in [0.717, 1.165) is 30.8 Å². The summed E-state index contributed by atoms with van der Waals surface area (Å²) in [6.07, 6.45) is 3.29. The molecule has 1 aliphatic rings. The van der Waals surface area contributed by atoms with Crippen LogP contribution >= 0.6 is 0 Å². The van der Waals surface area contributed by atoms with E-state index >= 15 is 0 Å². The molecule has 82 valence electrons. The van der Waals surface area contributed by atoms with Crippen LogP contribution in [0.15, 0.2) is 24.3 Å². The molecule has 0 saturated carbocycles. The maximum Gasteiger partial charge on any atom is 0.181 e. The van der Waals surface area contributed by atoms with Gasteiger partial charge in [-0.2, -0.15) is 5.10 Å². The van der Waals surface area contributed by atoms with Gasteiger partial charge in [0.1, 0.15) is 11.6 Å². The fourth-order valence-corrected chi connectivity index (χ4v) is 2.03. The molecule has 2 aromatic rings. The number of fused-ring (bicyclic) bond motifs is 1. The van der Waals surface area contributed by atoms with Crippen LogP contribution in [0.2, 0.25) is 0 Å². The Morgan fingerprint density at radius 1 is 1.25 bits per heavy atom. The quantitative estimate of drug-likeness (QED) is 0.734. The molecule has 0 aliphatic carbocycles. The Morgan fingerprint density at radius 2 is 2.19 bits per heavy atom. The molecule has 0 bridgehead atoms. The van der Waals surface area contributed by atoms with Crippen LogP contribution in [0.1, 0.15) is 18.7 Å². The van der Waals surface area contributed by atoms with Crippen molar-refractivity contribution in [1.29, 1.82) is 0 Å². The van der Waals surface area contributed by atoms with Crippen LogP contribution in [0.3, 0.4) is 0 Å². The molecule has 0 atom stereocenters. The molecular weight excluding hydrogens is 205 g/mol. The topological polar surface area (TPSA) is 30.7 Å². The van der Waals surface area contributed by atoms with Gasteiger partial charge in [0.15, 0.2) is 5.82 Å². The Morgan fingerprint density at radius 3 is 3.00 bits per heavy atom. The minimum absolute atomic E-state index is 0.245. The number of hydrogen-bond acceptors (Lipinski definition) is 2. The molecule has 1 aromatic carbocycles. The van der Waals surface area contributed by atoms with E-state index in [9.17, 15) is 4.39 Å². The fraction of sp³-hybridized carbons (Fsp3) is 0.333. The van der Waals surface area contributed by atoms with Gasteiger partial charge in [0, 0.05) is 18.5 Å². The van der Waals surface area contributed by atoms with E-state index in [1.807, 2.05) is 10.7 Å². The van der Waals surface area contributed by atoms with Crippen molar-refractivity contribution in [2.24, 2.45) is 0 Å². The van der Waals surface area contributed by atoms with Crippen LogP contribution in [-0.4, -0.2) is 14.8 Å². The van der Waals surface area contributed by atoms with E-state index in [2.05, 4.69) is 10.1 Å². The SMILES string of the molecule is Fc1cccc(-c2nc3n(n2)CCCC3)c1. The molecule has 4 heteroatoms. The van der Waals surface area contributed by atoms with Crippen molar-refractivity contribution >= 4 is 0 Å². The number of benzene rings is 1. The third-order valence-corrected chi connectivity index (χ3v) is 2.85. The summed E-state index contributed by atoms with van der Waals surface area (Å²) < 4.78 is 15.0. The van der Waals surface area contributed by atoms with Gasteiger partial charge in [-0.1, -0.05) is 12.1 Å². The molecule has 0 spiro atoms. The highest BCUT2D eigenvalue weighted by molar-refractivity contribution is 5.54. The first kappa shape index (κ1) is 9.51. The first-order valence-corrected chi connectivity index (χ1v) is 5.52. The summed E-state index contributed by atoms with van der Waals surface area (Å²) >= 11 is 0.